The molecule has 4 amide bonds. The number of nitrogens with zero attached hydrogens (tertiary/aromatic N) is 2. The van der Waals surface area contributed by atoms with Gasteiger partial charge in [0.15, 0.2) is 0 Å². The van der Waals surface area contributed by atoms with E-state index in [1.807, 2.05) is 43.9 Å². The number of aryl methyl sites for hydroxylation is 1. The summed E-state index contributed by atoms with van der Waals surface area (Å²) in [6, 6.07) is 6.56. The van der Waals surface area contributed by atoms with Gasteiger partial charge in [-0.3, -0.25) is 0 Å². The number of carbonyl (C=O) groups is 2. The van der Waals surface area contributed by atoms with Crippen LogP contribution in [0.5, 0.6) is 0 Å². The lowest BCUT2D eigenvalue weighted by Crippen LogP contribution is -2.38. The molecule has 1 rings (SSSR count). The molecule has 0 aliphatic carbocycles. The number of amides is 4. The number of benzene rings is 1. The largest absolute Gasteiger partial charge is 0.328 e. The Morgan fingerprint density at radius 3 is 2.33 bits per heavy atom. The average molecular weight is 393 g/mol. The van der Waals surface area contributed by atoms with Crippen LogP contribution >= 0.6 is 0 Å². The Balaban J connectivity index is 2.80. The highest BCUT2D eigenvalue weighted by atomic mass is 28.3. The highest BCUT2D eigenvalue weighted by Crippen LogP contribution is 2.21. The Kier molecular flexibility index (Phi) is 9.35. The monoisotopic (exact) mass is 392 g/mol. The summed E-state index contributed by atoms with van der Waals surface area (Å²) in [7, 11) is 1.11. The standard InChI is InChI=1S/C20H36N4O2Si/c1-8-23(5)19(25)22-18-12-17(11-10-16(18)4)21-20(26)24(9-2)13-15(3)14-27(6)7/h10-12,15,27H,8-9,13-14H2,1-7H3,(H,21,26)(H,22,25). The summed E-state index contributed by atoms with van der Waals surface area (Å²) in [5.41, 5.74) is 2.35. The summed E-state index contributed by atoms with van der Waals surface area (Å²) in [5.74, 6) is 0.514. The molecule has 0 aliphatic rings. The minimum absolute atomic E-state index is 0.0958. The number of urea groups is 2. The van der Waals surface area contributed by atoms with E-state index in [4.69, 9.17) is 0 Å². The SMILES string of the molecule is CCN(C)C(=O)Nc1cc(NC(=O)N(CC)CC(C)C[SiH](C)C)ccc1C. The van der Waals surface area contributed by atoms with Crippen molar-refractivity contribution in [2.45, 2.75) is 46.8 Å². The molecule has 0 heterocycles. The normalized spacial score (nSPS) is 11.9. The Bertz CT molecular complexity index is 636. The number of carbonyl (C=O) groups excluding carboxylic acids is 2. The fourth-order valence-electron chi connectivity index (χ4n) is 3.00. The fraction of sp³-hybridized carbons (Fsp3) is 0.600. The maximum atomic E-state index is 12.7. The molecule has 0 saturated carbocycles. The highest BCUT2D eigenvalue weighted by molar-refractivity contribution is 6.55. The topological polar surface area (TPSA) is 64.7 Å². The van der Waals surface area contributed by atoms with Gasteiger partial charge in [-0.1, -0.05) is 32.1 Å². The van der Waals surface area contributed by atoms with Crippen LogP contribution in [-0.2, 0) is 0 Å². The summed E-state index contributed by atoms with van der Waals surface area (Å²) >= 11 is 0. The van der Waals surface area contributed by atoms with Crippen LogP contribution in [0.3, 0.4) is 0 Å². The third-order valence-electron chi connectivity index (χ3n) is 4.63. The van der Waals surface area contributed by atoms with Crippen LogP contribution < -0.4 is 10.6 Å². The van der Waals surface area contributed by atoms with Crippen molar-refractivity contribution in [1.82, 2.24) is 9.80 Å². The molecular formula is C20H36N4O2Si. The third-order valence-corrected chi connectivity index (χ3v) is 6.37. The van der Waals surface area contributed by atoms with Gasteiger partial charge in [0, 0.05) is 46.9 Å². The maximum absolute atomic E-state index is 12.7. The Hall–Kier alpha value is -2.02. The lowest BCUT2D eigenvalue weighted by atomic mass is 10.1. The molecule has 27 heavy (non-hydrogen) atoms. The van der Waals surface area contributed by atoms with E-state index in [0.29, 0.717) is 30.4 Å². The second kappa shape index (κ2) is 11.0. The molecule has 0 radical (unpaired) electrons. The van der Waals surface area contributed by atoms with Crippen LogP contribution in [0.4, 0.5) is 21.0 Å². The molecule has 0 fully saturated rings. The lowest BCUT2D eigenvalue weighted by molar-refractivity contribution is 0.207. The van der Waals surface area contributed by atoms with E-state index in [9.17, 15) is 9.59 Å². The Labute approximate surface area is 165 Å². The van der Waals surface area contributed by atoms with E-state index in [1.54, 1.807) is 11.9 Å². The number of rotatable bonds is 8. The van der Waals surface area contributed by atoms with E-state index >= 15 is 0 Å². The number of anilines is 2. The van der Waals surface area contributed by atoms with Gasteiger partial charge in [0.1, 0.15) is 0 Å². The zero-order valence-corrected chi connectivity index (χ0v) is 19.1. The van der Waals surface area contributed by atoms with E-state index in [-0.39, 0.29) is 12.1 Å². The van der Waals surface area contributed by atoms with Crippen molar-refractivity contribution in [1.29, 1.82) is 0 Å². The first-order valence-electron chi connectivity index (χ1n) is 9.86. The predicted molar refractivity (Wildman–Crippen MR) is 118 cm³/mol. The van der Waals surface area contributed by atoms with Gasteiger partial charge >= 0.3 is 12.1 Å². The molecule has 1 unspecified atom stereocenters. The molecule has 0 aromatic heterocycles. The summed E-state index contributed by atoms with van der Waals surface area (Å²) in [6.45, 7) is 14.8. The van der Waals surface area contributed by atoms with Crippen LogP contribution in [0.15, 0.2) is 18.2 Å². The van der Waals surface area contributed by atoms with Crippen molar-refractivity contribution in [3.8, 4) is 0 Å². The van der Waals surface area contributed by atoms with Crippen LogP contribution in [0.1, 0.15) is 26.3 Å². The zero-order chi connectivity index (χ0) is 20.6. The molecule has 0 saturated heterocycles. The molecule has 0 bridgehead atoms. The minimum Gasteiger partial charge on any atom is -0.328 e. The molecule has 7 heteroatoms. The first-order chi connectivity index (χ1) is 12.7. The van der Waals surface area contributed by atoms with E-state index < -0.39 is 8.80 Å². The van der Waals surface area contributed by atoms with E-state index in [1.165, 1.54) is 6.04 Å². The molecule has 0 spiro atoms. The second-order valence-electron chi connectivity index (χ2n) is 7.68. The van der Waals surface area contributed by atoms with Crippen molar-refractivity contribution in [3.05, 3.63) is 23.8 Å². The lowest BCUT2D eigenvalue weighted by Gasteiger charge is -2.26. The molecule has 1 aromatic rings. The number of nitrogens with one attached hydrogen (secondary N) is 2. The van der Waals surface area contributed by atoms with Crippen LogP contribution in [0.2, 0.25) is 19.1 Å². The Morgan fingerprint density at radius 1 is 1.11 bits per heavy atom. The maximum Gasteiger partial charge on any atom is 0.321 e. The molecule has 1 atom stereocenters. The molecular weight excluding hydrogens is 356 g/mol. The van der Waals surface area contributed by atoms with Gasteiger partial charge in [-0.25, -0.2) is 9.59 Å². The van der Waals surface area contributed by atoms with Crippen molar-refractivity contribution >= 4 is 32.2 Å². The Morgan fingerprint density at radius 2 is 1.78 bits per heavy atom. The van der Waals surface area contributed by atoms with Crippen molar-refractivity contribution in [3.63, 3.8) is 0 Å². The summed E-state index contributed by atoms with van der Waals surface area (Å²) in [5, 5.41) is 5.87. The molecule has 0 aliphatic heterocycles. The van der Waals surface area contributed by atoms with Gasteiger partial charge < -0.3 is 20.4 Å². The van der Waals surface area contributed by atoms with Crippen molar-refractivity contribution in [2.75, 3.05) is 37.3 Å². The second-order valence-corrected chi connectivity index (χ2v) is 10.9. The first-order valence-corrected chi connectivity index (χ1v) is 13.0. The molecule has 6 nitrogen and oxygen atoms in total. The van der Waals surface area contributed by atoms with Crippen molar-refractivity contribution < 1.29 is 9.59 Å². The quantitative estimate of drug-likeness (QED) is 0.642. The van der Waals surface area contributed by atoms with E-state index in [2.05, 4.69) is 30.7 Å². The fourth-order valence-corrected chi connectivity index (χ4v) is 4.76. The molecule has 2 N–H and O–H groups in total. The minimum atomic E-state index is -0.639. The van der Waals surface area contributed by atoms with Crippen molar-refractivity contribution in [2.24, 2.45) is 5.92 Å². The number of hydrogen-bond donors (Lipinski definition) is 2. The van der Waals surface area contributed by atoms with Gasteiger partial charge in [-0.05, 0) is 44.4 Å². The molecule has 1 aromatic carbocycles. The van der Waals surface area contributed by atoms with Gasteiger partial charge in [0.05, 0.1) is 0 Å². The highest BCUT2D eigenvalue weighted by Gasteiger charge is 2.17. The van der Waals surface area contributed by atoms with Gasteiger partial charge in [0.2, 0.25) is 0 Å². The van der Waals surface area contributed by atoms with Gasteiger partial charge in [0.25, 0.3) is 0 Å². The van der Waals surface area contributed by atoms with Crippen LogP contribution in [-0.4, -0.2) is 57.3 Å². The predicted octanol–water partition coefficient (Wildman–Crippen LogP) is 4.46. The van der Waals surface area contributed by atoms with Crippen LogP contribution in [0.25, 0.3) is 0 Å². The zero-order valence-electron chi connectivity index (χ0n) is 17.9. The summed E-state index contributed by atoms with van der Waals surface area (Å²) in [4.78, 5) is 28.2. The number of hydrogen-bond acceptors (Lipinski definition) is 2. The molecule has 152 valence electrons. The third kappa shape index (κ3) is 7.62. The van der Waals surface area contributed by atoms with Gasteiger partial charge in [-0.15, -0.1) is 0 Å². The van der Waals surface area contributed by atoms with Gasteiger partial charge in [-0.2, -0.15) is 0 Å². The first kappa shape index (κ1) is 23.0. The summed E-state index contributed by atoms with van der Waals surface area (Å²) in [6.07, 6.45) is 0. The smallest absolute Gasteiger partial charge is 0.321 e. The summed E-state index contributed by atoms with van der Waals surface area (Å²) < 4.78 is 0. The van der Waals surface area contributed by atoms with Crippen LogP contribution in [0, 0.1) is 12.8 Å². The average Bonchev–Trinajstić information content (AvgIpc) is 2.60. The van der Waals surface area contributed by atoms with E-state index in [0.717, 1.165) is 12.1 Å².